The molecule has 1 aromatic rings. The first kappa shape index (κ1) is 12.6. The number of halogens is 1. The second-order valence-electron chi connectivity index (χ2n) is 5.28. The van der Waals surface area contributed by atoms with Gasteiger partial charge in [0.25, 0.3) is 0 Å². The van der Waals surface area contributed by atoms with Crippen molar-refractivity contribution in [1.82, 2.24) is 9.97 Å². The zero-order valence-corrected chi connectivity index (χ0v) is 11.6. The van der Waals surface area contributed by atoms with E-state index in [1.807, 2.05) is 6.92 Å². The highest BCUT2D eigenvalue weighted by Gasteiger charge is 2.29. The van der Waals surface area contributed by atoms with E-state index < -0.39 is 0 Å². The van der Waals surface area contributed by atoms with E-state index in [0.717, 1.165) is 24.7 Å². The average Bonchev–Trinajstić information content (AvgIpc) is 2.29. The van der Waals surface area contributed by atoms with Crippen molar-refractivity contribution in [2.24, 2.45) is 5.41 Å². The van der Waals surface area contributed by atoms with E-state index in [4.69, 9.17) is 11.6 Å². The quantitative estimate of drug-likeness (QED) is 0.756. The lowest BCUT2D eigenvalue weighted by atomic mass is 9.78. The van der Waals surface area contributed by atoms with Gasteiger partial charge in [0.2, 0.25) is 5.95 Å². The normalized spacial score (nSPS) is 19.4. The highest BCUT2D eigenvalue weighted by atomic mass is 35.5. The Labute approximate surface area is 108 Å². The Morgan fingerprint density at radius 2 is 2.00 bits per heavy atom. The molecule has 4 heteroatoms. The highest BCUT2D eigenvalue weighted by molar-refractivity contribution is 6.29. The summed E-state index contributed by atoms with van der Waals surface area (Å²) in [6, 6.07) is 1.80. The van der Waals surface area contributed by atoms with Gasteiger partial charge in [-0.15, -0.1) is 0 Å². The Morgan fingerprint density at radius 3 is 2.53 bits per heavy atom. The Bertz CT molecular complexity index is 377. The minimum atomic E-state index is 0.490. The fourth-order valence-corrected chi connectivity index (χ4v) is 2.49. The van der Waals surface area contributed by atoms with Crippen molar-refractivity contribution in [3.05, 3.63) is 16.9 Å². The summed E-state index contributed by atoms with van der Waals surface area (Å²) in [7, 11) is 0. The van der Waals surface area contributed by atoms with Crippen molar-refractivity contribution in [3.63, 3.8) is 0 Å². The third kappa shape index (κ3) is 2.89. The van der Waals surface area contributed by atoms with Gasteiger partial charge in [-0.3, -0.25) is 0 Å². The predicted octanol–water partition coefficient (Wildman–Crippen LogP) is 3.45. The number of hydrogen-bond donors (Lipinski definition) is 0. The van der Waals surface area contributed by atoms with Gasteiger partial charge in [0.1, 0.15) is 5.15 Å². The van der Waals surface area contributed by atoms with Gasteiger partial charge >= 0.3 is 0 Å². The van der Waals surface area contributed by atoms with E-state index in [0.29, 0.717) is 10.6 Å². The van der Waals surface area contributed by atoms with Crippen LogP contribution < -0.4 is 4.90 Å². The number of aryl methyl sites for hydroxylation is 1. The summed E-state index contributed by atoms with van der Waals surface area (Å²) in [5, 5.41) is 0.538. The van der Waals surface area contributed by atoms with Gasteiger partial charge in [0, 0.05) is 18.8 Å². The van der Waals surface area contributed by atoms with Crippen LogP contribution in [-0.4, -0.2) is 23.1 Å². The molecule has 2 heterocycles. The topological polar surface area (TPSA) is 29.0 Å². The second kappa shape index (κ2) is 4.81. The average molecular weight is 254 g/mol. The predicted molar refractivity (Wildman–Crippen MR) is 71.6 cm³/mol. The van der Waals surface area contributed by atoms with Gasteiger partial charge in [-0.25, -0.2) is 9.97 Å². The molecular formula is C13H20ClN3. The van der Waals surface area contributed by atoms with Crippen LogP contribution in [0, 0.1) is 12.3 Å². The van der Waals surface area contributed by atoms with Crippen LogP contribution in [0.2, 0.25) is 5.15 Å². The van der Waals surface area contributed by atoms with E-state index in [9.17, 15) is 0 Å². The number of aromatic nitrogens is 2. The minimum absolute atomic E-state index is 0.490. The smallest absolute Gasteiger partial charge is 0.226 e. The molecule has 0 amide bonds. The third-order valence-corrected chi connectivity index (χ3v) is 4.11. The van der Waals surface area contributed by atoms with Crippen molar-refractivity contribution >= 4 is 17.5 Å². The Hall–Kier alpha value is -0.830. The summed E-state index contributed by atoms with van der Waals surface area (Å²) in [5.41, 5.74) is 1.42. The molecule has 1 saturated heterocycles. The number of hydrogen-bond acceptors (Lipinski definition) is 3. The molecule has 0 bridgehead atoms. The van der Waals surface area contributed by atoms with Crippen LogP contribution in [0.4, 0.5) is 5.95 Å². The lowest BCUT2D eigenvalue weighted by Crippen LogP contribution is -2.39. The van der Waals surface area contributed by atoms with Gasteiger partial charge in [-0.1, -0.05) is 31.9 Å². The molecule has 0 spiro atoms. The fourth-order valence-electron chi connectivity index (χ4n) is 2.26. The van der Waals surface area contributed by atoms with Crippen LogP contribution in [-0.2, 0) is 0 Å². The Kier molecular flexibility index (Phi) is 3.57. The molecule has 2 rings (SSSR count). The summed E-state index contributed by atoms with van der Waals surface area (Å²) in [4.78, 5) is 11.0. The standard InChI is InChI=1S/C13H20ClN3/c1-4-13(3)5-7-17(8-6-13)12-15-10(2)9-11(14)16-12/h9H,4-8H2,1-3H3. The van der Waals surface area contributed by atoms with E-state index in [-0.39, 0.29) is 0 Å². The first-order valence-corrected chi connectivity index (χ1v) is 6.66. The van der Waals surface area contributed by atoms with Gasteiger partial charge in [-0.2, -0.15) is 0 Å². The molecule has 0 aromatic carbocycles. The summed E-state index contributed by atoms with van der Waals surface area (Å²) >= 11 is 5.97. The SMILES string of the molecule is CCC1(C)CCN(c2nc(C)cc(Cl)n2)CC1. The first-order chi connectivity index (χ1) is 8.02. The zero-order valence-electron chi connectivity index (χ0n) is 10.8. The van der Waals surface area contributed by atoms with Crippen molar-refractivity contribution in [3.8, 4) is 0 Å². The summed E-state index contributed by atoms with van der Waals surface area (Å²) < 4.78 is 0. The molecule has 3 nitrogen and oxygen atoms in total. The summed E-state index contributed by atoms with van der Waals surface area (Å²) in [6.45, 7) is 8.66. The monoisotopic (exact) mass is 253 g/mol. The third-order valence-electron chi connectivity index (χ3n) is 3.92. The molecule has 0 unspecified atom stereocenters. The highest BCUT2D eigenvalue weighted by Crippen LogP contribution is 2.34. The number of nitrogens with zero attached hydrogens (tertiary/aromatic N) is 3. The number of rotatable bonds is 2. The molecule has 0 aliphatic carbocycles. The Balaban J connectivity index is 2.10. The molecule has 1 aliphatic heterocycles. The summed E-state index contributed by atoms with van der Waals surface area (Å²) in [6.07, 6.45) is 3.66. The van der Waals surface area contributed by atoms with Crippen LogP contribution in [0.25, 0.3) is 0 Å². The van der Waals surface area contributed by atoms with Crippen LogP contribution in [0.15, 0.2) is 6.07 Å². The van der Waals surface area contributed by atoms with Crippen LogP contribution >= 0.6 is 11.6 Å². The van der Waals surface area contributed by atoms with Gasteiger partial charge in [0.15, 0.2) is 0 Å². The maximum Gasteiger partial charge on any atom is 0.226 e. The lowest BCUT2D eigenvalue weighted by Gasteiger charge is -2.38. The van der Waals surface area contributed by atoms with Crippen LogP contribution in [0.5, 0.6) is 0 Å². The first-order valence-electron chi connectivity index (χ1n) is 6.28. The zero-order chi connectivity index (χ0) is 12.5. The van der Waals surface area contributed by atoms with Crippen molar-refractivity contribution in [2.45, 2.75) is 40.0 Å². The molecule has 0 radical (unpaired) electrons. The molecular weight excluding hydrogens is 234 g/mol. The van der Waals surface area contributed by atoms with Gasteiger partial charge < -0.3 is 4.90 Å². The molecule has 17 heavy (non-hydrogen) atoms. The van der Waals surface area contributed by atoms with E-state index in [1.54, 1.807) is 6.07 Å². The molecule has 0 atom stereocenters. The molecule has 94 valence electrons. The van der Waals surface area contributed by atoms with Crippen molar-refractivity contribution in [2.75, 3.05) is 18.0 Å². The number of anilines is 1. The van der Waals surface area contributed by atoms with Crippen molar-refractivity contribution in [1.29, 1.82) is 0 Å². The molecule has 1 aliphatic rings. The molecule has 1 aromatic heterocycles. The van der Waals surface area contributed by atoms with Crippen LogP contribution in [0.3, 0.4) is 0 Å². The molecule has 0 N–H and O–H groups in total. The minimum Gasteiger partial charge on any atom is -0.341 e. The van der Waals surface area contributed by atoms with Gasteiger partial charge in [-0.05, 0) is 31.2 Å². The van der Waals surface area contributed by atoms with Gasteiger partial charge in [0.05, 0.1) is 0 Å². The second-order valence-corrected chi connectivity index (χ2v) is 5.67. The molecule has 1 fully saturated rings. The molecule has 0 saturated carbocycles. The number of piperidine rings is 1. The fraction of sp³-hybridized carbons (Fsp3) is 0.692. The van der Waals surface area contributed by atoms with E-state index in [2.05, 4.69) is 28.7 Å². The lowest BCUT2D eigenvalue weighted by molar-refractivity contribution is 0.237. The van der Waals surface area contributed by atoms with Crippen LogP contribution in [0.1, 0.15) is 38.8 Å². The van der Waals surface area contributed by atoms with E-state index in [1.165, 1.54) is 19.3 Å². The summed E-state index contributed by atoms with van der Waals surface area (Å²) in [5.74, 6) is 0.785. The van der Waals surface area contributed by atoms with E-state index >= 15 is 0 Å². The maximum atomic E-state index is 5.97. The van der Waals surface area contributed by atoms with Crippen molar-refractivity contribution < 1.29 is 0 Å². The largest absolute Gasteiger partial charge is 0.341 e. The Morgan fingerprint density at radius 1 is 1.35 bits per heavy atom. The maximum absolute atomic E-state index is 5.97.